The molecule has 1 aliphatic rings. The monoisotopic (exact) mass is 226 g/mol. The lowest BCUT2D eigenvalue weighted by molar-refractivity contribution is -0.124. The zero-order chi connectivity index (χ0) is 11.5. The molecule has 0 saturated carbocycles. The molecule has 1 saturated heterocycles. The highest BCUT2D eigenvalue weighted by Crippen LogP contribution is 2.14. The zero-order valence-electron chi connectivity index (χ0n) is 8.59. The molecule has 0 bridgehead atoms. The summed E-state index contributed by atoms with van der Waals surface area (Å²) in [6, 6.07) is 3.14. The molecule has 2 rings (SSSR count). The number of amides is 1. The van der Waals surface area contributed by atoms with Crippen molar-refractivity contribution >= 4 is 5.91 Å². The van der Waals surface area contributed by atoms with Gasteiger partial charge in [0, 0.05) is 25.1 Å². The van der Waals surface area contributed by atoms with E-state index in [1.807, 2.05) is 0 Å². The second kappa shape index (κ2) is 4.57. The summed E-state index contributed by atoms with van der Waals surface area (Å²) in [5, 5.41) is 5.57. The summed E-state index contributed by atoms with van der Waals surface area (Å²) in [7, 11) is 0. The Hall–Kier alpha value is -1.49. The largest absolute Gasteiger partial charge is 0.353 e. The van der Waals surface area contributed by atoms with Crippen LogP contribution in [0.4, 0.5) is 8.78 Å². The Labute approximate surface area is 91.8 Å². The predicted octanol–water partition coefficient (Wildman–Crippen LogP) is 0.595. The summed E-state index contributed by atoms with van der Waals surface area (Å²) in [5.41, 5.74) is -0.0444. The van der Waals surface area contributed by atoms with Crippen LogP contribution in [0.2, 0.25) is 0 Å². The van der Waals surface area contributed by atoms with Crippen LogP contribution in [0.25, 0.3) is 0 Å². The minimum Gasteiger partial charge on any atom is -0.353 e. The van der Waals surface area contributed by atoms with Crippen molar-refractivity contribution in [2.24, 2.45) is 0 Å². The highest BCUT2D eigenvalue weighted by Gasteiger charge is 2.24. The number of benzene rings is 1. The van der Waals surface area contributed by atoms with Crippen molar-refractivity contribution in [3.05, 3.63) is 35.4 Å². The fourth-order valence-corrected chi connectivity index (χ4v) is 1.74. The molecule has 16 heavy (non-hydrogen) atoms. The maximum atomic E-state index is 13.3. The highest BCUT2D eigenvalue weighted by molar-refractivity contribution is 5.82. The van der Waals surface area contributed by atoms with E-state index in [4.69, 9.17) is 0 Å². The number of nitrogens with one attached hydrogen (secondary N) is 2. The van der Waals surface area contributed by atoms with Gasteiger partial charge < -0.3 is 10.6 Å². The summed E-state index contributed by atoms with van der Waals surface area (Å²) in [6.45, 7) is 1.17. The van der Waals surface area contributed by atoms with Gasteiger partial charge in [0.2, 0.25) is 5.91 Å². The first-order valence-electron chi connectivity index (χ1n) is 5.12. The minimum absolute atomic E-state index is 0.0321. The molecule has 0 radical (unpaired) electrons. The van der Waals surface area contributed by atoms with Gasteiger partial charge in [0.15, 0.2) is 0 Å². The third-order valence-corrected chi connectivity index (χ3v) is 2.60. The fraction of sp³-hybridized carbons (Fsp3) is 0.364. The van der Waals surface area contributed by atoms with Crippen molar-refractivity contribution in [2.75, 3.05) is 13.1 Å². The molecule has 0 aliphatic carbocycles. The van der Waals surface area contributed by atoms with Crippen LogP contribution in [0.15, 0.2) is 18.2 Å². The molecule has 86 valence electrons. The van der Waals surface area contributed by atoms with Crippen molar-refractivity contribution in [3.8, 4) is 0 Å². The summed E-state index contributed by atoms with van der Waals surface area (Å²) in [4.78, 5) is 11.4. The van der Waals surface area contributed by atoms with Gasteiger partial charge in [-0.25, -0.2) is 8.78 Å². The Kier molecular flexibility index (Phi) is 3.14. The maximum Gasteiger partial charge on any atom is 0.237 e. The summed E-state index contributed by atoms with van der Waals surface area (Å²) < 4.78 is 26.7. The molecule has 1 heterocycles. The van der Waals surface area contributed by atoms with Crippen molar-refractivity contribution < 1.29 is 13.6 Å². The van der Waals surface area contributed by atoms with E-state index < -0.39 is 17.7 Å². The average Bonchev–Trinajstić information content (AvgIpc) is 2.26. The first-order valence-corrected chi connectivity index (χ1v) is 5.12. The first kappa shape index (κ1) is 11.0. The number of halogens is 2. The smallest absolute Gasteiger partial charge is 0.237 e. The zero-order valence-corrected chi connectivity index (χ0v) is 8.59. The van der Waals surface area contributed by atoms with E-state index in [0.717, 1.165) is 0 Å². The van der Waals surface area contributed by atoms with Gasteiger partial charge >= 0.3 is 0 Å². The molecule has 5 heteroatoms. The lowest BCUT2D eigenvalue weighted by Crippen LogP contribution is -2.53. The molecule has 1 atom stereocenters. The number of carbonyl (C=O) groups is 1. The molecular weight excluding hydrogens is 214 g/mol. The van der Waals surface area contributed by atoms with E-state index in [9.17, 15) is 13.6 Å². The molecule has 0 spiro atoms. The van der Waals surface area contributed by atoms with Gasteiger partial charge in [-0.2, -0.15) is 0 Å². The average molecular weight is 226 g/mol. The second-order valence-corrected chi connectivity index (χ2v) is 3.70. The van der Waals surface area contributed by atoms with E-state index in [2.05, 4.69) is 10.6 Å². The lowest BCUT2D eigenvalue weighted by Gasteiger charge is -2.23. The van der Waals surface area contributed by atoms with E-state index in [1.165, 1.54) is 18.2 Å². The van der Waals surface area contributed by atoms with Gasteiger partial charge in [-0.1, -0.05) is 6.07 Å². The quantitative estimate of drug-likeness (QED) is 0.775. The summed E-state index contributed by atoms with van der Waals surface area (Å²) in [5.74, 6) is -1.44. The van der Waals surface area contributed by atoms with Crippen molar-refractivity contribution in [1.82, 2.24) is 10.6 Å². The molecular formula is C11H12F2N2O. The van der Waals surface area contributed by atoms with Gasteiger partial charge in [0.25, 0.3) is 0 Å². The molecule has 0 aromatic heterocycles. The maximum absolute atomic E-state index is 13.3. The minimum atomic E-state index is -0.611. The Balaban J connectivity index is 2.16. The SMILES string of the molecule is O=C1NCCN[C@@H]1Cc1c(F)cccc1F. The van der Waals surface area contributed by atoms with Gasteiger partial charge in [-0.15, -0.1) is 0 Å². The van der Waals surface area contributed by atoms with E-state index in [1.54, 1.807) is 0 Å². The van der Waals surface area contributed by atoms with Crippen molar-refractivity contribution in [2.45, 2.75) is 12.5 Å². The number of piperazine rings is 1. The number of hydrogen-bond acceptors (Lipinski definition) is 2. The van der Waals surface area contributed by atoms with E-state index in [0.29, 0.717) is 13.1 Å². The molecule has 1 fully saturated rings. The molecule has 2 N–H and O–H groups in total. The van der Waals surface area contributed by atoms with Crippen LogP contribution in [0.3, 0.4) is 0 Å². The van der Waals surface area contributed by atoms with Crippen LogP contribution in [0.5, 0.6) is 0 Å². The predicted molar refractivity (Wildman–Crippen MR) is 54.9 cm³/mol. The first-order chi connectivity index (χ1) is 7.68. The van der Waals surface area contributed by atoms with Gasteiger partial charge in [-0.3, -0.25) is 4.79 Å². The topological polar surface area (TPSA) is 41.1 Å². The van der Waals surface area contributed by atoms with Crippen molar-refractivity contribution in [3.63, 3.8) is 0 Å². The van der Waals surface area contributed by atoms with Crippen LogP contribution >= 0.6 is 0 Å². The molecule has 1 amide bonds. The number of rotatable bonds is 2. The second-order valence-electron chi connectivity index (χ2n) is 3.70. The van der Waals surface area contributed by atoms with Gasteiger partial charge in [0.05, 0.1) is 6.04 Å². The number of hydrogen-bond donors (Lipinski definition) is 2. The standard InChI is InChI=1S/C11H12F2N2O/c12-8-2-1-3-9(13)7(8)6-10-11(16)15-5-4-14-10/h1-3,10,14H,4-6H2,(H,15,16)/t10-/m1/s1. The third kappa shape index (κ3) is 2.19. The third-order valence-electron chi connectivity index (χ3n) is 2.60. The Morgan fingerprint density at radius 3 is 2.56 bits per heavy atom. The number of carbonyl (C=O) groups excluding carboxylic acids is 1. The summed E-state index contributed by atoms with van der Waals surface area (Å²) in [6.07, 6.45) is 0.0321. The summed E-state index contributed by atoms with van der Waals surface area (Å²) >= 11 is 0. The van der Waals surface area contributed by atoms with Crippen LogP contribution in [-0.2, 0) is 11.2 Å². The van der Waals surface area contributed by atoms with Crippen LogP contribution in [-0.4, -0.2) is 25.0 Å². The normalized spacial score (nSPS) is 20.6. The molecule has 3 nitrogen and oxygen atoms in total. The Bertz CT molecular complexity index is 389. The van der Waals surface area contributed by atoms with Crippen LogP contribution in [0.1, 0.15) is 5.56 Å². The Morgan fingerprint density at radius 1 is 1.25 bits per heavy atom. The highest BCUT2D eigenvalue weighted by atomic mass is 19.1. The fourth-order valence-electron chi connectivity index (χ4n) is 1.74. The van der Waals surface area contributed by atoms with Gasteiger partial charge in [0.1, 0.15) is 11.6 Å². The van der Waals surface area contributed by atoms with Crippen LogP contribution < -0.4 is 10.6 Å². The lowest BCUT2D eigenvalue weighted by atomic mass is 10.0. The molecule has 1 aromatic rings. The molecule has 1 aromatic carbocycles. The van der Waals surface area contributed by atoms with E-state index in [-0.39, 0.29) is 17.9 Å². The molecule has 1 aliphatic heterocycles. The Morgan fingerprint density at radius 2 is 1.94 bits per heavy atom. The van der Waals surface area contributed by atoms with Crippen LogP contribution in [0, 0.1) is 11.6 Å². The molecule has 0 unspecified atom stereocenters. The van der Waals surface area contributed by atoms with Gasteiger partial charge in [-0.05, 0) is 12.1 Å². The van der Waals surface area contributed by atoms with E-state index >= 15 is 0 Å². The van der Waals surface area contributed by atoms with Crippen molar-refractivity contribution in [1.29, 1.82) is 0 Å².